The highest BCUT2D eigenvalue weighted by Crippen LogP contribution is 2.19. The van der Waals surface area contributed by atoms with Crippen LogP contribution in [0, 0.1) is 5.82 Å². The van der Waals surface area contributed by atoms with Crippen LogP contribution >= 0.6 is 0 Å². The number of benzene rings is 2. The zero-order chi connectivity index (χ0) is 26.2. The van der Waals surface area contributed by atoms with Crippen LogP contribution in [0.25, 0.3) is 0 Å². The number of amides is 2. The third kappa shape index (κ3) is 8.98. The summed E-state index contributed by atoms with van der Waals surface area (Å²) in [7, 11) is -3.53. The van der Waals surface area contributed by atoms with Crippen LogP contribution in [0.1, 0.15) is 52.5 Å². The molecule has 0 aliphatic carbocycles. The van der Waals surface area contributed by atoms with Gasteiger partial charge < -0.3 is 10.2 Å². The second-order valence-electron chi connectivity index (χ2n) is 9.59. The Labute approximate surface area is 208 Å². The fourth-order valence-electron chi connectivity index (χ4n) is 3.76. The number of rotatable bonds is 11. The van der Waals surface area contributed by atoms with Crippen LogP contribution in [0.4, 0.5) is 10.1 Å². The van der Waals surface area contributed by atoms with Crippen molar-refractivity contribution in [2.45, 2.75) is 65.1 Å². The molecular weight excluding hydrogens is 469 g/mol. The fraction of sp³-hybridized carbons (Fsp3) is 0.462. The summed E-state index contributed by atoms with van der Waals surface area (Å²) in [4.78, 5) is 27.9. The predicted octanol–water partition coefficient (Wildman–Crippen LogP) is 4.09. The lowest BCUT2D eigenvalue weighted by molar-refractivity contribution is -0.142. The summed E-state index contributed by atoms with van der Waals surface area (Å²) < 4.78 is 39.3. The van der Waals surface area contributed by atoms with Crippen molar-refractivity contribution < 1.29 is 22.4 Å². The first-order valence-electron chi connectivity index (χ1n) is 11.7. The molecule has 0 radical (unpaired) electrons. The maximum Gasteiger partial charge on any atom is 0.243 e. The van der Waals surface area contributed by atoms with Gasteiger partial charge in [0.15, 0.2) is 0 Å². The van der Waals surface area contributed by atoms with Gasteiger partial charge in [0.1, 0.15) is 11.9 Å². The molecular formula is C26H36FN3O4S. The second-order valence-corrected chi connectivity index (χ2v) is 11.5. The van der Waals surface area contributed by atoms with Gasteiger partial charge in [-0.3, -0.25) is 13.9 Å². The Morgan fingerprint density at radius 2 is 1.63 bits per heavy atom. The van der Waals surface area contributed by atoms with E-state index in [1.54, 1.807) is 42.5 Å². The molecule has 2 aromatic rings. The largest absolute Gasteiger partial charge is 0.350 e. The average Bonchev–Trinajstić information content (AvgIpc) is 2.76. The molecule has 7 nitrogen and oxygen atoms in total. The van der Waals surface area contributed by atoms with Crippen LogP contribution in [-0.4, -0.2) is 49.5 Å². The lowest BCUT2D eigenvalue weighted by atomic mass is 10.0. The zero-order valence-electron chi connectivity index (χ0n) is 21.1. The third-order valence-electron chi connectivity index (χ3n) is 5.35. The molecule has 0 saturated heterocycles. The molecule has 2 amide bonds. The van der Waals surface area contributed by atoms with Gasteiger partial charge in [-0.25, -0.2) is 12.8 Å². The molecule has 0 heterocycles. The molecule has 0 fully saturated rings. The van der Waals surface area contributed by atoms with Gasteiger partial charge in [-0.15, -0.1) is 0 Å². The number of halogens is 1. The maximum absolute atomic E-state index is 13.4. The molecule has 0 saturated carbocycles. The van der Waals surface area contributed by atoms with Crippen LogP contribution in [0.15, 0.2) is 54.6 Å². The minimum atomic E-state index is -3.53. The first-order valence-corrected chi connectivity index (χ1v) is 13.6. The van der Waals surface area contributed by atoms with E-state index in [0.717, 1.165) is 6.26 Å². The van der Waals surface area contributed by atoms with Crippen LogP contribution in [0.5, 0.6) is 0 Å². The summed E-state index contributed by atoms with van der Waals surface area (Å²) in [5, 5.41) is 2.94. The van der Waals surface area contributed by atoms with E-state index in [2.05, 4.69) is 5.32 Å². The quantitative estimate of drug-likeness (QED) is 0.498. The number of carbonyl (C=O) groups excluding carboxylic acids is 2. The molecule has 192 valence electrons. The Morgan fingerprint density at radius 3 is 2.14 bits per heavy atom. The topological polar surface area (TPSA) is 86.8 Å². The molecule has 0 spiro atoms. The van der Waals surface area contributed by atoms with Crippen molar-refractivity contribution in [1.29, 1.82) is 0 Å². The smallest absolute Gasteiger partial charge is 0.243 e. The van der Waals surface area contributed by atoms with E-state index < -0.39 is 21.6 Å². The summed E-state index contributed by atoms with van der Waals surface area (Å²) in [6.07, 6.45) is 1.86. The van der Waals surface area contributed by atoms with E-state index in [9.17, 15) is 22.4 Å². The summed E-state index contributed by atoms with van der Waals surface area (Å²) >= 11 is 0. The van der Waals surface area contributed by atoms with Crippen molar-refractivity contribution in [3.63, 3.8) is 0 Å². The Kier molecular flexibility index (Phi) is 9.82. The molecule has 1 N–H and O–H groups in total. The lowest BCUT2D eigenvalue weighted by Gasteiger charge is -2.33. The molecule has 1 atom stereocenters. The highest BCUT2D eigenvalue weighted by Gasteiger charge is 2.30. The van der Waals surface area contributed by atoms with Crippen molar-refractivity contribution in [2.24, 2.45) is 0 Å². The lowest BCUT2D eigenvalue weighted by Crippen LogP contribution is -2.53. The Balaban J connectivity index is 2.21. The first kappa shape index (κ1) is 28.3. The number of hydrogen-bond donors (Lipinski definition) is 1. The highest BCUT2D eigenvalue weighted by atomic mass is 32.2. The SMILES string of the molecule is CC[C@H](C(=O)NC(C)(C)C)N(Cc1ccc(F)cc1)C(=O)CCCN(c1ccccc1)S(C)(=O)=O. The Bertz CT molecular complexity index is 1080. The molecule has 2 aromatic carbocycles. The maximum atomic E-state index is 13.4. The van der Waals surface area contributed by atoms with Crippen LogP contribution in [0.3, 0.4) is 0 Å². The van der Waals surface area contributed by atoms with Crippen molar-refractivity contribution in [2.75, 3.05) is 17.1 Å². The van der Waals surface area contributed by atoms with E-state index >= 15 is 0 Å². The predicted molar refractivity (Wildman–Crippen MR) is 137 cm³/mol. The van der Waals surface area contributed by atoms with Gasteiger partial charge >= 0.3 is 0 Å². The third-order valence-corrected chi connectivity index (χ3v) is 6.54. The highest BCUT2D eigenvalue weighted by molar-refractivity contribution is 7.92. The van der Waals surface area contributed by atoms with Crippen molar-refractivity contribution in [1.82, 2.24) is 10.2 Å². The monoisotopic (exact) mass is 505 g/mol. The number of sulfonamides is 1. The average molecular weight is 506 g/mol. The Hall–Kier alpha value is -2.94. The van der Waals surface area contributed by atoms with E-state index in [0.29, 0.717) is 17.7 Å². The van der Waals surface area contributed by atoms with Gasteiger partial charge in [-0.2, -0.15) is 0 Å². The van der Waals surface area contributed by atoms with Gasteiger partial charge in [-0.1, -0.05) is 37.3 Å². The number of nitrogens with zero attached hydrogens (tertiary/aromatic N) is 2. The molecule has 35 heavy (non-hydrogen) atoms. The van der Waals surface area contributed by atoms with E-state index in [1.807, 2.05) is 27.7 Å². The normalized spacial score (nSPS) is 12.6. The molecule has 0 unspecified atom stereocenters. The van der Waals surface area contributed by atoms with Crippen molar-refractivity contribution in [3.05, 3.63) is 66.0 Å². The number of hydrogen-bond acceptors (Lipinski definition) is 4. The summed E-state index contributed by atoms with van der Waals surface area (Å²) in [5.74, 6) is -0.921. The van der Waals surface area contributed by atoms with Gasteiger partial charge in [0, 0.05) is 25.0 Å². The van der Waals surface area contributed by atoms with Crippen molar-refractivity contribution >= 4 is 27.5 Å². The minimum Gasteiger partial charge on any atom is -0.350 e. The molecule has 0 aromatic heterocycles. The number of anilines is 1. The second kappa shape index (κ2) is 12.2. The van der Waals surface area contributed by atoms with Gasteiger partial charge in [0.05, 0.1) is 11.9 Å². The Morgan fingerprint density at radius 1 is 1.03 bits per heavy atom. The summed E-state index contributed by atoms with van der Waals surface area (Å²) in [6, 6.07) is 13.8. The minimum absolute atomic E-state index is 0.0549. The van der Waals surface area contributed by atoms with E-state index in [4.69, 9.17) is 0 Å². The fourth-order valence-corrected chi connectivity index (χ4v) is 4.72. The number of para-hydroxylation sites is 1. The van der Waals surface area contributed by atoms with Crippen molar-refractivity contribution in [3.8, 4) is 0 Å². The van der Waals surface area contributed by atoms with E-state index in [1.165, 1.54) is 21.3 Å². The standard InChI is InChI=1S/C26H36FN3O4S/c1-6-23(25(32)28-26(2,3)4)29(19-20-14-16-21(27)17-15-20)24(31)13-10-18-30(35(5,33)34)22-11-8-7-9-12-22/h7-9,11-12,14-17,23H,6,10,13,18-19H2,1-5H3,(H,28,32)/t23-/m1/s1. The number of nitrogens with one attached hydrogen (secondary N) is 1. The summed E-state index contributed by atoms with van der Waals surface area (Å²) in [6.45, 7) is 7.71. The van der Waals surface area contributed by atoms with Gasteiger partial charge in [-0.05, 0) is 63.4 Å². The van der Waals surface area contributed by atoms with Crippen LogP contribution in [0.2, 0.25) is 0 Å². The molecule has 0 bridgehead atoms. The number of carbonyl (C=O) groups is 2. The van der Waals surface area contributed by atoms with Crippen LogP contribution < -0.4 is 9.62 Å². The molecule has 0 aliphatic rings. The molecule has 2 rings (SSSR count). The van der Waals surface area contributed by atoms with Gasteiger partial charge in [0.2, 0.25) is 21.8 Å². The summed E-state index contributed by atoms with van der Waals surface area (Å²) in [5.41, 5.74) is 0.756. The molecule has 9 heteroatoms. The molecule has 0 aliphatic heterocycles. The zero-order valence-corrected chi connectivity index (χ0v) is 21.9. The van der Waals surface area contributed by atoms with Gasteiger partial charge in [0.25, 0.3) is 0 Å². The van der Waals surface area contributed by atoms with E-state index in [-0.39, 0.29) is 43.6 Å². The first-order chi connectivity index (χ1) is 16.3. The van der Waals surface area contributed by atoms with Crippen LogP contribution in [-0.2, 0) is 26.2 Å².